The maximum atomic E-state index is 12.8. The van der Waals surface area contributed by atoms with Crippen molar-refractivity contribution in [3.8, 4) is 0 Å². The summed E-state index contributed by atoms with van der Waals surface area (Å²) in [6, 6.07) is 12.8. The third kappa shape index (κ3) is 4.02. The normalized spacial score (nSPS) is 12.7. The Morgan fingerprint density at radius 3 is 2.59 bits per heavy atom. The third-order valence-electron chi connectivity index (χ3n) is 4.36. The van der Waals surface area contributed by atoms with Crippen molar-refractivity contribution in [2.45, 2.75) is 25.7 Å². The summed E-state index contributed by atoms with van der Waals surface area (Å²) in [5, 5.41) is 3.86. The van der Waals surface area contributed by atoms with E-state index in [1.54, 1.807) is 37.4 Å². The molecule has 0 aliphatic carbocycles. The van der Waals surface area contributed by atoms with E-state index in [1.165, 1.54) is 16.7 Å². The van der Waals surface area contributed by atoms with Gasteiger partial charge in [0.15, 0.2) is 0 Å². The number of nitrogens with zero attached hydrogens (tertiary/aromatic N) is 1. The largest absolute Gasteiger partial charge is 0.416 e. The molecule has 1 heterocycles. The number of hydrogen-bond acceptors (Lipinski definition) is 2. The Labute approximate surface area is 153 Å². The van der Waals surface area contributed by atoms with Gasteiger partial charge in [-0.15, -0.1) is 0 Å². The lowest BCUT2D eigenvalue weighted by atomic mass is 10.1. The average Bonchev–Trinajstić information content (AvgIpc) is 2.65. The monoisotopic (exact) mass is 374 g/mol. The molecule has 0 saturated carbocycles. The number of carbonyl (C=O) groups excluding carboxylic acids is 1. The molecule has 0 fully saturated rings. The highest BCUT2D eigenvalue weighted by molar-refractivity contribution is 5.83. The smallest absolute Gasteiger partial charge is 0.350 e. The maximum absolute atomic E-state index is 12.8. The van der Waals surface area contributed by atoms with Crippen LogP contribution in [-0.4, -0.2) is 10.5 Å². The van der Waals surface area contributed by atoms with Gasteiger partial charge in [-0.1, -0.05) is 30.3 Å². The van der Waals surface area contributed by atoms with Crippen LogP contribution >= 0.6 is 0 Å². The fraction of sp³-hybridized carbons (Fsp3) is 0.200. The number of amides is 1. The molecule has 0 saturated heterocycles. The van der Waals surface area contributed by atoms with Gasteiger partial charge in [-0.2, -0.15) is 13.2 Å². The summed E-state index contributed by atoms with van der Waals surface area (Å²) in [6.07, 6.45) is -2.90. The molecule has 2 aromatic carbocycles. The average molecular weight is 374 g/mol. The van der Waals surface area contributed by atoms with Gasteiger partial charge in [0, 0.05) is 18.1 Å². The van der Waals surface area contributed by atoms with Crippen LogP contribution in [0.15, 0.2) is 65.6 Å². The Hall–Kier alpha value is -3.09. The SMILES string of the molecule is C[C@@H](C(=O)NCc1cccc(C(F)(F)F)c1)n1ccc2ccccc2c1=O. The Morgan fingerprint density at radius 2 is 1.85 bits per heavy atom. The molecule has 3 aromatic rings. The second-order valence-corrected chi connectivity index (χ2v) is 6.21. The van der Waals surface area contributed by atoms with E-state index in [0.29, 0.717) is 10.9 Å². The minimum Gasteiger partial charge on any atom is -0.350 e. The summed E-state index contributed by atoms with van der Waals surface area (Å²) in [5.74, 6) is -0.454. The number of fused-ring (bicyclic) bond motifs is 1. The van der Waals surface area contributed by atoms with E-state index < -0.39 is 23.7 Å². The first-order valence-corrected chi connectivity index (χ1v) is 8.31. The lowest BCUT2D eigenvalue weighted by molar-refractivity contribution is -0.137. The summed E-state index contributed by atoms with van der Waals surface area (Å²) < 4.78 is 39.6. The van der Waals surface area contributed by atoms with Crippen LogP contribution in [0.1, 0.15) is 24.1 Å². The molecule has 1 aromatic heterocycles. The molecule has 1 N–H and O–H groups in total. The zero-order valence-electron chi connectivity index (χ0n) is 14.5. The molecule has 7 heteroatoms. The van der Waals surface area contributed by atoms with E-state index >= 15 is 0 Å². The lowest BCUT2D eigenvalue weighted by Crippen LogP contribution is -2.35. The van der Waals surface area contributed by atoms with Gasteiger partial charge in [-0.3, -0.25) is 9.59 Å². The van der Waals surface area contributed by atoms with Crippen LogP contribution in [0.2, 0.25) is 0 Å². The van der Waals surface area contributed by atoms with E-state index in [9.17, 15) is 22.8 Å². The molecule has 1 atom stereocenters. The zero-order valence-corrected chi connectivity index (χ0v) is 14.5. The maximum Gasteiger partial charge on any atom is 0.416 e. The quantitative estimate of drug-likeness (QED) is 0.753. The van der Waals surface area contributed by atoms with E-state index in [4.69, 9.17) is 0 Å². The molecular weight excluding hydrogens is 357 g/mol. The summed E-state index contributed by atoms with van der Waals surface area (Å²) in [5.41, 5.74) is -0.737. The number of halogens is 3. The third-order valence-corrected chi connectivity index (χ3v) is 4.36. The first-order chi connectivity index (χ1) is 12.8. The number of rotatable bonds is 4. The molecule has 3 rings (SSSR count). The Morgan fingerprint density at radius 1 is 1.11 bits per heavy atom. The standard InChI is InChI=1S/C20H17F3N2O2/c1-13(25-10-9-15-6-2-3-8-17(15)19(25)27)18(26)24-12-14-5-4-7-16(11-14)20(21,22)23/h2-11,13H,12H2,1H3,(H,24,26)/t13-/m0/s1. The summed E-state index contributed by atoms with van der Waals surface area (Å²) in [4.78, 5) is 25.0. The molecule has 4 nitrogen and oxygen atoms in total. The second-order valence-electron chi connectivity index (χ2n) is 6.21. The van der Waals surface area contributed by atoms with Crippen LogP contribution in [-0.2, 0) is 17.5 Å². The van der Waals surface area contributed by atoms with Crippen LogP contribution in [0.5, 0.6) is 0 Å². The van der Waals surface area contributed by atoms with Gasteiger partial charge in [0.1, 0.15) is 6.04 Å². The topological polar surface area (TPSA) is 51.1 Å². The highest BCUT2D eigenvalue weighted by Gasteiger charge is 2.30. The van der Waals surface area contributed by atoms with Crippen LogP contribution < -0.4 is 10.9 Å². The van der Waals surface area contributed by atoms with Crippen molar-refractivity contribution in [3.05, 3.63) is 82.3 Å². The van der Waals surface area contributed by atoms with E-state index in [-0.39, 0.29) is 12.1 Å². The number of nitrogens with one attached hydrogen (secondary N) is 1. The summed E-state index contributed by atoms with van der Waals surface area (Å²) in [7, 11) is 0. The summed E-state index contributed by atoms with van der Waals surface area (Å²) >= 11 is 0. The lowest BCUT2D eigenvalue weighted by Gasteiger charge is -2.16. The van der Waals surface area contributed by atoms with Crippen LogP contribution in [0.3, 0.4) is 0 Å². The van der Waals surface area contributed by atoms with Gasteiger partial charge < -0.3 is 9.88 Å². The first-order valence-electron chi connectivity index (χ1n) is 8.31. The number of pyridine rings is 1. The van der Waals surface area contributed by atoms with Gasteiger partial charge in [0.05, 0.1) is 5.56 Å². The van der Waals surface area contributed by atoms with Gasteiger partial charge in [0.2, 0.25) is 5.91 Å². The van der Waals surface area contributed by atoms with Gasteiger partial charge in [-0.25, -0.2) is 0 Å². The predicted octanol–water partition coefficient (Wildman–Crippen LogP) is 3.90. The van der Waals surface area contributed by atoms with Crippen molar-refractivity contribution in [2.75, 3.05) is 0 Å². The van der Waals surface area contributed by atoms with Gasteiger partial charge in [0.25, 0.3) is 5.56 Å². The molecular formula is C20H17F3N2O2. The van der Waals surface area contributed by atoms with Gasteiger partial charge in [-0.05, 0) is 42.1 Å². The molecule has 0 unspecified atom stereocenters. The van der Waals surface area contributed by atoms with Crippen molar-refractivity contribution in [1.29, 1.82) is 0 Å². The Balaban J connectivity index is 1.75. The van der Waals surface area contributed by atoms with Crippen LogP contribution in [0.25, 0.3) is 10.8 Å². The van der Waals surface area contributed by atoms with Crippen molar-refractivity contribution in [1.82, 2.24) is 9.88 Å². The Bertz CT molecular complexity index is 1040. The molecule has 1 amide bonds. The van der Waals surface area contributed by atoms with Crippen molar-refractivity contribution in [2.24, 2.45) is 0 Å². The molecule has 0 aliphatic rings. The fourth-order valence-corrected chi connectivity index (χ4v) is 2.83. The van der Waals surface area contributed by atoms with Gasteiger partial charge >= 0.3 is 6.18 Å². The molecule has 0 aliphatic heterocycles. The molecule has 0 radical (unpaired) electrons. The Kier molecular flexibility index (Phi) is 5.03. The van der Waals surface area contributed by atoms with E-state index in [0.717, 1.165) is 17.5 Å². The van der Waals surface area contributed by atoms with Crippen molar-refractivity contribution >= 4 is 16.7 Å². The minimum absolute atomic E-state index is 0.0601. The molecule has 0 bridgehead atoms. The summed E-state index contributed by atoms with van der Waals surface area (Å²) in [6.45, 7) is 1.51. The minimum atomic E-state index is -4.44. The highest BCUT2D eigenvalue weighted by Crippen LogP contribution is 2.29. The number of carbonyl (C=O) groups is 1. The number of benzene rings is 2. The molecule has 27 heavy (non-hydrogen) atoms. The zero-order chi connectivity index (χ0) is 19.6. The first kappa shape index (κ1) is 18.7. The van der Waals surface area contributed by atoms with Crippen LogP contribution in [0.4, 0.5) is 13.2 Å². The van der Waals surface area contributed by atoms with Crippen LogP contribution in [0, 0.1) is 0 Å². The van der Waals surface area contributed by atoms with Crippen molar-refractivity contribution < 1.29 is 18.0 Å². The number of hydrogen-bond donors (Lipinski definition) is 1. The van der Waals surface area contributed by atoms with E-state index in [1.807, 2.05) is 6.07 Å². The van der Waals surface area contributed by atoms with Crippen molar-refractivity contribution in [3.63, 3.8) is 0 Å². The van der Waals surface area contributed by atoms with E-state index in [2.05, 4.69) is 5.32 Å². The second kappa shape index (κ2) is 7.26. The highest BCUT2D eigenvalue weighted by atomic mass is 19.4. The predicted molar refractivity (Wildman–Crippen MR) is 96.2 cm³/mol. The fourth-order valence-electron chi connectivity index (χ4n) is 2.83. The molecule has 0 spiro atoms. The molecule has 140 valence electrons. The number of alkyl halides is 3. The number of aromatic nitrogens is 1.